The lowest BCUT2D eigenvalue weighted by atomic mass is 9.82. The largest absolute Gasteiger partial charge is 0.522 e. The highest BCUT2D eigenvalue weighted by molar-refractivity contribution is 5.01. The molecule has 2 heterocycles. The van der Waals surface area contributed by atoms with Crippen molar-refractivity contribution in [3.05, 3.63) is 11.8 Å². The number of hydrogen-bond acceptors (Lipinski definition) is 7. The highest BCUT2D eigenvalue weighted by Crippen LogP contribution is 2.41. The van der Waals surface area contributed by atoms with Crippen LogP contribution in [0, 0.1) is 0 Å². The second-order valence-electron chi connectivity index (χ2n) is 5.09. The van der Waals surface area contributed by atoms with E-state index in [-0.39, 0.29) is 36.6 Å². The lowest BCUT2D eigenvalue weighted by Gasteiger charge is -2.32. The molecule has 0 bridgehead atoms. The minimum Gasteiger partial charge on any atom is -0.420 e. The summed E-state index contributed by atoms with van der Waals surface area (Å²) >= 11 is 0. The van der Waals surface area contributed by atoms with Crippen LogP contribution in [0.5, 0.6) is 0 Å². The Labute approximate surface area is 117 Å². The Morgan fingerprint density at radius 3 is 2.33 bits per heavy atom. The normalized spacial score (nSPS) is 33.7. The van der Waals surface area contributed by atoms with Gasteiger partial charge in [0.05, 0.1) is 25.4 Å². The number of alkyl halides is 3. The van der Waals surface area contributed by atoms with Crippen LogP contribution < -0.4 is 5.73 Å². The molecule has 118 valence electrons. The molecule has 1 aliphatic carbocycles. The SMILES string of the molecule is NC1COC(c2nnc([C@H]3C[C@@H](OC(F)(F)F)C3)o2)OC1. The molecule has 21 heavy (non-hydrogen) atoms. The van der Waals surface area contributed by atoms with Gasteiger partial charge in [0.2, 0.25) is 12.2 Å². The number of hydrogen-bond donors (Lipinski definition) is 1. The second-order valence-corrected chi connectivity index (χ2v) is 5.09. The first-order valence-corrected chi connectivity index (χ1v) is 6.47. The van der Waals surface area contributed by atoms with E-state index in [9.17, 15) is 13.2 Å². The van der Waals surface area contributed by atoms with E-state index in [2.05, 4.69) is 14.9 Å². The van der Waals surface area contributed by atoms with Gasteiger partial charge in [-0.25, -0.2) is 0 Å². The zero-order chi connectivity index (χ0) is 15.0. The molecule has 1 aliphatic heterocycles. The summed E-state index contributed by atoms with van der Waals surface area (Å²) in [5.41, 5.74) is 5.60. The van der Waals surface area contributed by atoms with Crippen LogP contribution in [0.1, 0.15) is 36.8 Å². The van der Waals surface area contributed by atoms with Crippen molar-refractivity contribution in [2.24, 2.45) is 5.73 Å². The highest BCUT2D eigenvalue weighted by atomic mass is 19.4. The van der Waals surface area contributed by atoms with Gasteiger partial charge in [-0.1, -0.05) is 0 Å². The monoisotopic (exact) mass is 309 g/mol. The molecule has 1 saturated carbocycles. The van der Waals surface area contributed by atoms with Crippen LogP contribution in [0.15, 0.2) is 4.42 Å². The van der Waals surface area contributed by atoms with Gasteiger partial charge in [0.1, 0.15) is 0 Å². The topological polar surface area (TPSA) is 92.6 Å². The van der Waals surface area contributed by atoms with E-state index in [1.807, 2.05) is 0 Å². The lowest BCUT2D eigenvalue weighted by molar-refractivity contribution is -0.352. The highest BCUT2D eigenvalue weighted by Gasteiger charge is 2.42. The van der Waals surface area contributed by atoms with Crippen molar-refractivity contribution in [2.75, 3.05) is 13.2 Å². The first-order chi connectivity index (χ1) is 9.90. The summed E-state index contributed by atoms with van der Waals surface area (Å²) in [5.74, 6) is 0.190. The van der Waals surface area contributed by atoms with Crippen LogP contribution in [-0.4, -0.2) is 41.9 Å². The van der Waals surface area contributed by atoms with Crippen LogP contribution in [0.3, 0.4) is 0 Å². The van der Waals surface area contributed by atoms with Gasteiger partial charge < -0.3 is 19.6 Å². The third kappa shape index (κ3) is 3.51. The molecule has 2 fully saturated rings. The van der Waals surface area contributed by atoms with E-state index >= 15 is 0 Å². The van der Waals surface area contributed by atoms with Crippen LogP contribution in [0.25, 0.3) is 0 Å². The van der Waals surface area contributed by atoms with Crippen LogP contribution in [-0.2, 0) is 14.2 Å². The van der Waals surface area contributed by atoms with Gasteiger partial charge in [-0.3, -0.25) is 4.74 Å². The molecule has 0 atom stereocenters. The molecule has 2 N–H and O–H groups in total. The zero-order valence-corrected chi connectivity index (χ0v) is 10.9. The summed E-state index contributed by atoms with van der Waals surface area (Å²) in [7, 11) is 0. The molecule has 1 aromatic heterocycles. The molecule has 0 aromatic carbocycles. The van der Waals surface area contributed by atoms with E-state index in [1.54, 1.807) is 0 Å². The number of halogens is 3. The standard InChI is InChI=1S/C11H14F3N3O4/c12-11(13,14)21-7-1-5(2-7)8-16-17-9(20-8)10-18-3-6(15)4-19-10/h5-7,10H,1-4,15H2/t5-,6?,7+,10?. The Hall–Kier alpha value is -1.23. The van der Waals surface area contributed by atoms with Crippen molar-refractivity contribution in [2.45, 2.75) is 43.6 Å². The molecule has 0 radical (unpaired) electrons. The number of rotatable bonds is 3. The molecule has 1 saturated heterocycles. The molecule has 3 rings (SSSR count). The van der Waals surface area contributed by atoms with Gasteiger partial charge in [0.25, 0.3) is 5.89 Å². The molecule has 0 spiro atoms. The Morgan fingerprint density at radius 2 is 1.71 bits per heavy atom. The van der Waals surface area contributed by atoms with Crippen molar-refractivity contribution in [1.29, 1.82) is 0 Å². The quantitative estimate of drug-likeness (QED) is 0.897. The Kier molecular flexibility index (Phi) is 3.86. The summed E-state index contributed by atoms with van der Waals surface area (Å²) in [5, 5.41) is 7.62. The predicted molar refractivity (Wildman–Crippen MR) is 59.8 cm³/mol. The molecule has 7 nitrogen and oxygen atoms in total. The van der Waals surface area contributed by atoms with E-state index < -0.39 is 18.8 Å². The molecule has 0 unspecified atom stereocenters. The first kappa shape index (κ1) is 14.7. The van der Waals surface area contributed by atoms with Crippen molar-refractivity contribution in [3.8, 4) is 0 Å². The summed E-state index contributed by atoms with van der Waals surface area (Å²) in [6, 6.07) is -0.199. The van der Waals surface area contributed by atoms with E-state index in [4.69, 9.17) is 19.6 Å². The maximum absolute atomic E-state index is 12.0. The molecule has 2 aliphatic rings. The van der Waals surface area contributed by atoms with E-state index in [0.717, 1.165) is 0 Å². The minimum absolute atomic E-state index is 0.150. The fraction of sp³-hybridized carbons (Fsp3) is 0.818. The number of nitrogens with zero attached hydrogens (tertiary/aromatic N) is 2. The van der Waals surface area contributed by atoms with Gasteiger partial charge in [-0.05, 0) is 12.8 Å². The smallest absolute Gasteiger partial charge is 0.420 e. The molecular weight excluding hydrogens is 295 g/mol. The lowest BCUT2D eigenvalue weighted by Crippen LogP contribution is -2.38. The van der Waals surface area contributed by atoms with Crippen molar-refractivity contribution in [1.82, 2.24) is 10.2 Å². The maximum Gasteiger partial charge on any atom is 0.522 e. The summed E-state index contributed by atoms with van der Waals surface area (Å²) in [6.45, 7) is 0.626. The van der Waals surface area contributed by atoms with Crippen LogP contribution in [0.4, 0.5) is 13.2 Å². The summed E-state index contributed by atoms with van der Waals surface area (Å²) in [6.07, 6.45) is -5.85. The third-order valence-electron chi connectivity index (χ3n) is 3.33. The van der Waals surface area contributed by atoms with Crippen molar-refractivity contribution >= 4 is 0 Å². The number of aromatic nitrogens is 2. The average Bonchev–Trinajstić information content (AvgIpc) is 2.82. The second kappa shape index (κ2) is 5.52. The van der Waals surface area contributed by atoms with Gasteiger partial charge >= 0.3 is 6.36 Å². The third-order valence-corrected chi connectivity index (χ3v) is 3.33. The van der Waals surface area contributed by atoms with Crippen molar-refractivity contribution < 1.29 is 31.8 Å². The van der Waals surface area contributed by atoms with Gasteiger partial charge in [0.15, 0.2) is 0 Å². The first-order valence-electron chi connectivity index (χ1n) is 6.47. The van der Waals surface area contributed by atoms with Gasteiger partial charge in [-0.15, -0.1) is 23.4 Å². The van der Waals surface area contributed by atoms with Gasteiger partial charge in [-0.2, -0.15) is 0 Å². The molecule has 0 amide bonds. The fourth-order valence-corrected chi connectivity index (χ4v) is 2.22. The molecule has 1 aromatic rings. The summed E-state index contributed by atoms with van der Waals surface area (Å²) < 4.78 is 55.9. The predicted octanol–water partition coefficient (Wildman–Crippen LogP) is 1.22. The Bertz CT molecular complexity index is 481. The number of ether oxygens (including phenoxy) is 3. The van der Waals surface area contributed by atoms with Gasteiger partial charge in [0, 0.05) is 5.92 Å². The Morgan fingerprint density at radius 1 is 1.10 bits per heavy atom. The van der Waals surface area contributed by atoms with E-state index in [1.165, 1.54) is 0 Å². The number of nitrogens with two attached hydrogens (primary N) is 1. The zero-order valence-electron chi connectivity index (χ0n) is 10.9. The Balaban J connectivity index is 1.52. The average molecular weight is 309 g/mol. The molecular formula is C11H14F3N3O4. The molecule has 10 heteroatoms. The van der Waals surface area contributed by atoms with Crippen LogP contribution in [0.2, 0.25) is 0 Å². The minimum atomic E-state index is -4.61. The fourth-order valence-electron chi connectivity index (χ4n) is 2.22. The maximum atomic E-state index is 12.0. The van der Waals surface area contributed by atoms with Crippen LogP contribution >= 0.6 is 0 Å². The van der Waals surface area contributed by atoms with Crippen molar-refractivity contribution in [3.63, 3.8) is 0 Å². The van der Waals surface area contributed by atoms with E-state index in [0.29, 0.717) is 13.2 Å². The summed E-state index contributed by atoms with van der Waals surface area (Å²) in [4.78, 5) is 0.